The van der Waals surface area contributed by atoms with Crippen molar-refractivity contribution in [3.05, 3.63) is 28.7 Å². The number of hydrogen-bond donors (Lipinski definition) is 0. The first kappa shape index (κ1) is 12.2. The highest BCUT2D eigenvalue weighted by atomic mass is 79.9. The number of ether oxygens (including phenoxy) is 1. The van der Waals surface area contributed by atoms with Gasteiger partial charge in [-0.15, -0.1) is 0 Å². The van der Waals surface area contributed by atoms with E-state index in [1.807, 2.05) is 32.9 Å². The van der Waals surface area contributed by atoms with E-state index >= 15 is 0 Å². The molecule has 0 N–H and O–H groups in total. The van der Waals surface area contributed by atoms with Crippen LogP contribution in [0.2, 0.25) is 0 Å². The first-order valence-electron chi connectivity index (χ1n) is 4.93. The van der Waals surface area contributed by atoms with E-state index in [-0.39, 0.29) is 5.97 Å². The molecule has 0 aliphatic carbocycles. The van der Waals surface area contributed by atoms with E-state index in [1.54, 1.807) is 12.1 Å². The summed E-state index contributed by atoms with van der Waals surface area (Å²) in [4.78, 5) is 11.7. The zero-order valence-corrected chi connectivity index (χ0v) is 10.8. The lowest BCUT2D eigenvalue weighted by Gasteiger charge is -2.20. The topological polar surface area (TPSA) is 26.3 Å². The molecule has 1 aromatic rings. The second-order valence-corrected chi connectivity index (χ2v) is 5.00. The average molecular weight is 271 g/mol. The lowest BCUT2D eigenvalue weighted by Crippen LogP contribution is -2.28. The summed E-state index contributed by atoms with van der Waals surface area (Å²) in [5.74, 6) is 0.388. The molecule has 0 aromatic heterocycles. The number of carbonyl (C=O) groups is 1. The maximum Gasteiger partial charge on any atom is 0.316 e. The van der Waals surface area contributed by atoms with Gasteiger partial charge in [-0.05, 0) is 38.5 Å². The fourth-order valence-electron chi connectivity index (χ4n) is 0.920. The molecule has 0 radical (unpaired) electrons. The molecular formula is C12H15BrO2. The average Bonchev–Trinajstić information content (AvgIpc) is 2.17. The zero-order valence-electron chi connectivity index (χ0n) is 9.21. The molecule has 0 saturated carbocycles. The van der Waals surface area contributed by atoms with Crippen LogP contribution in [0.5, 0.6) is 5.75 Å². The van der Waals surface area contributed by atoms with E-state index in [0.29, 0.717) is 5.75 Å². The molecule has 0 unspecified atom stereocenters. The Bertz CT molecular complexity index is 358. The number of halogens is 1. The molecule has 0 amide bonds. The van der Waals surface area contributed by atoms with Crippen LogP contribution in [0.1, 0.15) is 27.2 Å². The van der Waals surface area contributed by atoms with E-state index in [0.717, 1.165) is 10.9 Å². The summed E-state index contributed by atoms with van der Waals surface area (Å²) in [6, 6.07) is 7.28. The summed E-state index contributed by atoms with van der Waals surface area (Å²) in [5, 5.41) is 0. The molecule has 82 valence electrons. The predicted molar refractivity (Wildman–Crippen MR) is 63.8 cm³/mol. The molecule has 1 aromatic carbocycles. The Morgan fingerprint density at radius 1 is 1.47 bits per heavy atom. The van der Waals surface area contributed by atoms with Crippen molar-refractivity contribution in [2.45, 2.75) is 27.2 Å². The molecular weight excluding hydrogens is 256 g/mol. The Hall–Kier alpha value is -0.830. The molecule has 0 saturated heterocycles. The van der Waals surface area contributed by atoms with Gasteiger partial charge in [0.15, 0.2) is 0 Å². The SMILES string of the molecule is CCC(C)(C)C(=O)Oc1cccc(Br)c1. The van der Waals surface area contributed by atoms with Crippen LogP contribution in [0.25, 0.3) is 0 Å². The van der Waals surface area contributed by atoms with Crippen LogP contribution >= 0.6 is 15.9 Å². The molecule has 3 heteroatoms. The number of carbonyl (C=O) groups excluding carboxylic acids is 1. The highest BCUT2D eigenvalue weighted by molar-refractivity contribution is 9.10. The lowest BCUT2D eigenvalue weighted by molar-refractivity contribution is -0.144. The Balaban J connectivity index is 2.75. The van der Waals surface area contributed by atoms with Gasteiger partial charge >= 0.3 is 5.97 Å². The number of esters is 1. The molecule has 0 heterocycles. The Morgan fingerprint density at radius 3 is 2.67 bits per heavy atom. The molecule has 15 heavy (non-hydrogen) atoms. The first-order chi connectivity index (χ1) is 6.95. The summed E-state index contributed by atoms with van der Waals surface area (Å²) in [5.41, 5.74) is -0.428. The van der Waals surface area contributed by atoms with Gasteiger partial charge in [-0.2, -0.15) is 0 Å². The van der Waals surface area contributed by atoms with E-state index in [9.17, 15) is 4.79 Å². The van der Waals surface area contributed by atoms with Crippen LogP contribution in [0.15, 0.2) is 28.7 Å². The van der Waals surface area contributed by atoms with E-state index in [2.05, 4.69) is 15.9 Å². The van der Waals surface area contributed by atoms with Gasteiger partial charge in [0, 0.05) is 4.47 Å². The zero-order chi connectivity index (χ0) is 11.5. The highest BCUT2D eigenvalue weighted by Crippen LogP contribution is 2.24. The smallest absolute Gasteiger partial charge is 0.316 e. The van der Waals surface area contributed by atoms with Gasteiger partial charge in [0.25, 0.3) is 0 Å². The lowest BCUT2D eigenvalue weighted by atomic mass is 9.91. The van der Waals surface area contributed by atoms with E-state index < -0.39 is 5.41 Å². The number of benzene rings is 1. The van der Waals surface area contributed by atoms with Gasteiger partial charge < -0.3 is 4.74 Å². The maximum absolute atomic E-state index is 11.7. The Morgan fingerprint density at radius 2 is 2.13 bits per heavy atom. The number of hydrogen-bond acceptors (Lipinski definition) is 2. The van der Waals surface area contributed by atoms with Crippen molar-refractivity contribution in [3.8, 4) is 5.75 Å². The third-order valence-corrected chi connectivity index (χ3v) is 2.94. The van der Waals surface area contributed by atoms with Crippen molar-refractivity contribution in [2.75, 3.05) is 0 Å². The van der Waals surface area contributed by atoms with Crippen molar-refractivity contribution in [1.82, 2.24) is 0 Å². The van der Waals surface area contributed by atoms with Crippen LogP contribution in [-0.4, -0.2) is 5.97 Å². The van der Waals surface area contributed by atoms with Crippen molar-refractivity contribution >= 4 is 21.9 Å². The monoisotopic (exact) mass is 270 g/mol. The summed E-state index contributed by atoms with van der Waals surface area (Å²) in [6.07, 6.45) is 0.764. The second-order valence-electron chi connectivity index (χ2n) is 4.08. The van der Waals surface area contributed by atoms with Gasteiger partial charge in [-0.3, -0.25) is 4.79 Å². The van der Waals surface area contributed by atoms with E-state index in [4.69, 9.17) is 4.74 Å². The Labute approximate surface area is 98.8 Å². The van der Waals surface area contributed by atoms with Crippen molar-refractivity contribution in [2.24, 2.45) is 5.41 Å². The van der Waals surface area contributed by atoms with E-state index in [1.165, 1.54) is 0 Å². The quantitative estimate of drug-likeness (QED) is 0.617. The highest BCUT2D eigenvalue weighted by Gasteiger charge is 2.27. The summed E-state index contributed by atoms with van der Waals surface area (Å²) < 4.78 is 6.19. The molecule has 1 rings (SSSR count). The molecule has 0 aliphatic heterocycles. The Kier molecular flexibility index (Phi) is 3.91. The van der Waals surface area contributed by atoms with Crippen LogP contribution in [0, 0.1) is 5.41 Å². The van der Waals surface area contributed by atoms with Crippen LogP contribution < -0.4 is 4.74 Å². The first-order valence-corrected chi connectivity index (χ1v) is 5.73. The minimum absolute atomic E-state index is 0.192. The summed E-state index contributed by atoms with van der Waals surface area (Å²) >= 11 is 3.33. The summed E-state index contributed by atoms with van der Waals surface area (Å²) in [6.45, 7) is 5.74. The molecule has 0 aliphatic rings. The third-order valence-electron chi connectivity index (χ3n) is 2.44. The van der Waals surface area contributed by atoms with Crippen molar-refractivity contribution < 1.29 is 9.53 Å². The summed E-state index contributed by atoms with van der Waals surface area (Å²) in [7, 11) is 0. The molecule has 0 bridgehead atoms. The third kappa shape index (κ3) is 3.34. The minimum Gasteiger partial charge on any atom is -0.426 e. The number of rotatable bonds is 3. The van der Waals surface area contributed by atoms with Gasteiger partial charge in [0.05, 0.1) is 5.41 Å². The molecule has 0 spiro atoms. The normalized spacial score (nSPS) is 11.2. The largest absolute Gasteiger partial charge is 0.426 e. The predicted octanol–water partition coefficient (Wildman–Crippen LogP) is 3.79. The van der Waals surface area contributed by atoms with Gasteiger partial charge in [0.1, 0.15) is 5.75 Å². The second kappa shape index (κ2) is 4.79. The molecule has 2 nitrogen and oxygen atoms in total. The van der Waals surface area contributed by atoms with Crippen LogP contribution in [0.3, 0.4) is 0 Å². The fraction of sp³-hybridized carbons (Fsp3) is 0.417. The standard InChI is InChI=1S/C12H15BrO2/c1-4-12(2,3)11(14)15-10-7-5-6-9(13)8-10/h5-8H,4H2,1-3H3. The van der Waals surface area contributed by atoms with Gasteiger partial charge in [0.2, 0.25) is 0 Å². The van der Waals surface area contributed by atoms with Crippen LogP contribution in [0.4, 0.5) is 0 Å². The fourth-order valence-corrected chi connectivity index (χ4v) is 1.30. The van der Waals surface area contributed by atoms with Crippen molar-refractivity contribution in [1.29, 1.82) is 0 Å². The maximum atomic E-state index is 11.7. The van der Waals surface area contributed by atoms with Gasteiger partial charge in [-0.25, -0.2) is 0 Å². The molecule has 0 atom stereocenters. The van der Waals surface area contributed by atoms with Gasteiger partial charge in [-0.1, -0.05) is 28.9 Å². The van der Waals surface area contributed by atoms with Crippen LogP contribution in [-0.2, 0) is 4.79 Å². The minimum atomic E-state index is -0.428. The van der Waals surface area contributed by atoms with Crippen molar-refractivity contribution in [3.63, 3.8) is 0 Å². The molecule has 0 fully saturated rings.